The minimum absolute atomic E-state index is 0.0850. The number of amides is 1. The molecule has 1 aromatic heterocycles. The van der Waals surface area contributed by atoms with Crippen molar-refractivity contribution >= 4 is 17.7 Å². The summed E-state index contributed by atoms with van der Waals surface area (Å²) in [5.74, 6) is 0.276. The number of benzene rings is 1. The third kappa shape index (κ3) is 3.78. The molecular weight excluding hydrogens is 269 g/mol. The second-order valence-electron chi connectivity index (χ2n) is 3.68. The normalized spacial score (nSPS) is 10.4. The first-order chi connectivity index (χ1) is 9.16. The van der Waals surface area contributed by atoms with Gasteiger partial charge in [-0.3, -0.25) is 4.79 Å². The zero-order valence-electron chi connectivity index (χ0n) is 10.2. The minimum atomic E-state index is -0.402. The number of carbonyl (C=O) groups is 1. The molecule has 1 aromatic carbocycles. The van der Waals surface area contributed by atoms with Crippen molar-refractivity contribution in [2.24, 2.45) is 0 Å². The lowest BCUT2D eigenvalue weighted by Crippen LogP contribution is -2.22. The van der Waals surface area contributed by atoms with E-state index in [-0.39, 0.29) is 17.4 Å². The number of hydrogen-bond donors (Lipinski definition) is 1. The largest absolute Gasteiger partial charge is 0.411 e. The monoisotopic (exact) mass is 281 g/mol. The van der Waals surface area contributed by atoms with E-state index < -0.39 is 5.82 Å². The van der Waals surface area contributed by atoms with Gasteiger partial charge in [0.25, 0.3) is 11.1 Å². The van der Waals surface area contributed by atoms with Gasteiger partial charge in [-0.05, 0) is 12.1 Å². The first-order valence-electron chi connectivity index (χ1n) is 5.62. The summed E-state index contributed by atoms with van der Waals surface area (Å²) in [6.45, 7) is 1.96. The van der Waals surface area contributed by atoms with E-state index in [1.165, 1.54) is 24.8 Å². The van der Waals surface area contributed by atoms with Crippen LogP contribution in [0.4, 0.5) is 4.39 Å². The van der Waals surface area contributed by atoms with Crippen molar-refractivity contribution < 1.29 is 13.6 Å². The highest BCUT2D eigenvalue weighted by atomic mass is 32.2. The summed E-state index contributed by atoms with van der Waals surface area (Å²) in [7, 11) is 0. The fourth-order valence-electron chi connectivity index (χ4n) is 1.38. The van der Waals surface area contributed by atoms with Gasteiger partial charge in [0.15, 0.2) is 0 Å². The lowest BCUT2D eigenvalue weighted by atomic mass is 10.2. The number of halogens is 1. The third-order valence-corrected chi connectivity index (χ3v) is 3.03. The molecule has 2 aromatic rings. The highest BCUT2D eigenvalue weighted by molar-refractivity contribution is 7.99. The van der Waals surface area contributed by atoms with Crippen LogP contribution in [0, 0.1) is 5.82 Å². The van der Waals surface area contributed by atoms with E-state index in [2.05, 4.69) is 15.5 Å². The van der Waals surface area contributed by atoms with Gasteiger partial charge >= 0.3 is 0 Å². The fourth-order valence-corrected chi connectivity index (χ4v) is 1.99. The summed E-state index contributed by atoms with van der Waals surface area (Å²) in [4.78, 5) is 10.7. The van der Waals surface area contributed by atoms with Crippen LogP contribution in [-0.2, 0) is 4.79 Å². The molecule has 0 spiro atoms. The molecule has 0 aliphatic heterocycles. The van der Waals surface area contributed by atoms with Crippen LogP contribution in [0.3, 0.4) is 0 Å². The molecular formula is C12H12FN3O2S. The van der Waals surface area contributed by atoms with Gasteiger partial charge in [0.1, 0.15) is 5.82 Å². The lowest BCUT2D eigenvalue weighted by Gasteiger charge is -1.98. The van der Waals surface area contributed by atoms with Crippen LogP contribution in [0.1, 0.15) is 6.92 Å². The number of nitrogens with zero attached hydrogens (tertiary/aromatic N) is 2. The number of hydrogen-bond acceptors (Lipinski definition) is 5. The Kier molecular flexibility index (Phi) is 4.51. The van der Waals surface area contributed by atoms with E-state index in [1.54, 1.807) is 18.2 Å². The molecule has 0 bridgehead atoms. The minimum Gasteiger partial charge on any atom is -0.411 e. The van der Waals surface area contributed by atoms with Crippen LogP contribution in [-0.4, -0.2) is 28.4 Å². The van der Waals surface area contributed by atoms with Gasteiger partial charge in [-0.25, -0.2) is 4.39 Å². The Morgan fingerprint density at radius 1 is 1.42 bits per heavy atom. The van der Waals surface area contributed by atoms with Gasteiger partial charge in [0, 0.05) is 19.2 Å². The highest BCUT2D eigenvalue weighted by Gasteiger charge is 2.12. The second-order valence-corrected chi connectivity index (χ2v) is 4.73. The van der Waals surface area contributed by atoms with Crippen molar-refractivity contribution in [3.05, 3.63) is 30.1 Å². The summed E-state index contributed by atoms with van der Waals surface area (Å²) in [6.07, 6.45) is 0. The molecule has 7 heteroatoms. The Morgan fingerprint density at radius 2 is 2.21 bits per heavy atom. The Hall–Kier alpha value is -1.89. The smallest absolute Gasteiger partial charge is 0.276 e. The molecule has 1 N–H and O–H groups in total. The summed E-state index contributed by atoms with van der Waals surface area (Å²) < 4.78 is 18.8. The van der Waals surface area contributed by atoms with Crippen molar-refractivity contribution in [1.82, 2.24) is 15.5 Å². The Labute approximate surface area is 113 Å². The number of rotatable bonds is 5. The van der Waals surface area contributed by atoms with Crippen molar-refractivity contribution in [2.45, 2.75) is 12.1 Å². The fraction of sp³-hybridized carbons (Fsp3) is 0.250. The summed E-state index contributed by atoms with van der Waals surface area (Å²) >= 11 is 1.31. The lowest BCUT2D eigenvalue weighted by molar-refractivity contribution is -0.118. The molecule has 0 aliphatic rings. The maximum Gasteiger partial charge on any atom is 0.276 e. The summed E-state index contributed by atoms with van der Waals surface area (Å²) in [6, 6.07) is 6.21. The number of aromatic nitrogens is 2. The molecule has 0 atom stereocenters. The molecule has 1 heterocycles. The van der Waals surface area contributed by atoms with E-state index in [4.69, 9.17) is 4.42 Å². The van der Waals surface area contributed by atoms with Gasteiger partial charge < -0.3 is 9.73 Å². The zero-order chi connectivity index (χ0) is 13.7. The van der Waals surface area contributed by atoms with E-state index >= 15 is 0 Å². The molecule has 5 nitrogen and oxygen atoms in total. The molecule has 19 heavy (non-hydrogen) atoms. The van der Waals surface area contributed by atoms with E-state index in [0.717, 1.165) is 0 Å². The predicted molar refractivity (Wildman–Crippen MR) is 69.1 cm³/mol. The second kappa shape index (κ2) is 6.33. The molecule has 2 rings (SSSR count). The van der Waals surface area contributed by atoms with Crippen molar-refractivity contribution in [3.63, 3.8) is 0 Å². The van der Waals surface area contributed by atoms with E-state index in [1.807, 2.05) is 0 Å². The van der Waals surface area contributed by atoms with Crippen molar-refractivity contribution in [2.75, 3.05) is 12.3 Å². The van der Waals surface area contributed by atoms with Gasteiger partial charge in [-0.15, -0.1) is 10.2 Å². The van der Waals surface area contributed by atoms with Crippen molar-refractivity contribution in [3.8, 4) is 11.5 Å². The highest BCUT2D eigenvalue weighted by Crippen LogP contribution is 2.24. The Bertz CT molecular complexity index is 574. The molecule has 0 saturated carbocycles. The Morgan fingerprint density at radius 3 is 2.95 bits per heavy atom. The number of carbonyl (C=O) groups excluding carboxylic acids is 1. The quantitative estimate of drug-likeness (QED) is 0.671. The maximum absolute atomic E-state index is 13.5. The SMILES string of the molecule is CC(=O)NCCSc1nnc(-c2ccccc2F)o1. The average Bonchev–Trinajstić information content (AvgIpc) is 2.83. The molecule has 0 aliphatic carbocycles. The van der Waals surface area contributed by atoms with Crippen LogP contribution in [0.2, 0.25) is 0 Å². The molecule has 0 unspecified atom stereocenters. The maximum atomic E-state index is 13.5. The first kappa shape index (κ1) is 13.5. The molecule has 0 saturated heterocycles. The van der Waals surface area contributed by atoms with E-state index in [9.17, 15) is 9.18 Å². The molecule has 0 radical (unpaired) electrons. The van der Waals surface area contributed by atoms with Gasteiger partial charge in [0.05, 0.1) is 5.56 Å². The molecule has 100 valence electrons. The van der Waals surface area contributed by atoms with Crippen LogP contribution in [0.15, 0.2) is 33.9 Å². The summed E-state index contributed by atoms with van der Waals surface area (Å²) in [5.41, 5.74) is 0.281. The van der Waals surface area contributed by atoms with Crippen molar-refractivity contribution in [1.29, 1.82) is 0 Å². The van der Waals surface area contributed by atoms with Crippen LogP contribution in [0.5, 0.6) is 0 Å². The van der Waals surface area contributed by atoms with Gasteiger partial charge in [-0.1, -0.05) is 23.9 Å². The average molecular weight is 281 g/mol. The van der Waals surface area contributed by atoms with Crippen LogP contribution in [0.25, 0.3) is 11.5 Å². The van der Waals surface area contributed by atoms with Gasteiger partial charge in [-0.2, -0.15) is 0 Å². The standard InChI is InChI=1S/C12H12FN3O2S/c1-8(17)14-6-7-19-12-16-15-11(18-12)9-4-2-3-5-10(9)13/h2-5H,6-7H2,1H3,(H,14,17). The topological polar surface area (TPSA) is 68.0 Å². The van der Waals surface area contributed by atoms with E-state index in [0.29, 0.717) is 17.5 Å². The zero-order valence-corrected chi connectivity index (χ0v) is 11.0. The number of nitrogens with one attached hydrogen (secondary N) is 1. The third-order valence-electron chi connectivity index (χ3n) is 2.21. The van der Waals surface area contributed by atoms with Crippen LogP contribution < -0.4 is 5.32 Å². The number of thioether (sulfide) groups is 1. The first-order valence-corrected chi connectivity index (χ1v) is 6.61. The predicted octanol–water partition coefficient (Wildman–Crippen LogP) is 2.10. The molecule has 1 amide bonds. The Balaban J connectivity index is 1.96. The van der Waals surface area contributed by atoms with Gasteiger partial charge in [0.2, 0.25) is 5.91 Å². The summed E-state index contributed by atoms with van der Waals surface area (Å²) in [5, 5.41) is 10.6. The molecule has 0 fully saturated rings. The van der Waals surface area contributed by atoms with Crippen LogP contribution >= 0.6 is 11.8 Å².